The lowest BCUT2D eigenvalue weighted by molar-refractivity contribution is 0.0210. The summed E-state index contributed by atoms with van der Waals surface area (Å²) in [5, 5.41) is 28.4. The van der Waals surface area contributed by atoms with Crippen molar-refractivity contribution in [3.05, 3.63) is 42.0 Å². The number of aliphatic hydroxyl groups is 3. The molecule has 0 aromatic heterocycles. The fourth-order valence-electron chi connectivity index (χ4n) is 1.53. The quantitative estimate of drug-likeness (QED) is 0.720. The van der Waals surface area contributed by atoms with Gasteiger partial charge >= 0.3 is 0 Å². The zero-order chi connectivity index (χ0) is 15.5. The van der Waals surface area contributed by atoms with Crippen LogP contribution in [0.25, 0.3) is 6.08 Å². The molecule has 3 atom stereocenters. The van der Waals surface area contributed by atoms with Gasteiger partial charge in [0.25, 0.3) is 0 Å². The van der Waals surface area contributed by atoms with Gasteiger partial charge in [0, 0.05) is 6.42 Å². The van der Waals surface area contributed by atoms with E-state index in [0.717, 1.165) is 5.56 Å². The summed E-state index contributed by atoms with van der Waals surface area (Å²) in [6.07, 6.45) is 1.52. The lowest BCUT2D eigenvalue weighted by Crippen LogP contribution is -2.24. The zero-order valence-electron chi connectivity index (χ0n) is 12.0. The van der Waals surface area contributed by atoms with Crippen LogP contribution in [0.4, 0.5) is 0 Å². The molecule has 0 amide bonds. The molecule has 1 aromatic carbocycles. The summed E-state index contributed by atoms with van der Waals surface area (Å²) in [5.74, 6) is 10.3. The molecule has 3 heteroatoms. The molecule has 0 aliphatic carbocycles. The second-order valence-corrected chi connectivity index (χ2v) is 4.53. The maximum atomic E-state index is 9.63. The summed E-state index contributed by atoms with van der Waals surface area (Å²) in [5.41, 5.74) is 0.987. The molecule has 0 saturated heterocycles. The Hall–Kier alpha value is -2.04. The predicted molar refractivity (Wildman–Crippen MR) is 84.0 cm³/mol. The number of hydrogen-bond donors (Lipinski definition) is 3. The summed E-state index contributed by atoms with van der Waals surface area (Å²) in [7, 11) is 0. The maximum Gasteiger partial charge on any atom is 0.134 e. The molecule has 1 aromatic rings. The van der Waals surface area contributed by atoms with Gasteiger partial charge < -0.3 is 15.3 Å². The van der Waals surface area contributed by atoms with Gasteiger partial charge in [0.05, 0.1) is 12.2 Å². The van der Waals surface area contributed by atoms with Crippen molar-refractivity contribution >= 4 is 6.08 Å². The molecule has 1 unspecified atom stereocenters. The Bertz CT molecular complexity index is 555. The Labute approximate surface area is 126 Å². The number of hydrogen-bond acceptors (Lipinski definition) is 3. The number of benzene rings is 1. The summed E-state index contributed by atoms with van der Waals surface area (Å²) < 4.78 is 0. The third-order valence-electron chi connectivity index (χ3n) is 2.82. The monoisotopic (exact) mass is 284 g/mol. The Morgan fingerprint density at radius 1 is 1.05 bits per heavy atom. The first-order valence-electron chi connectivity index (χ1n) is 6.89. The molecule has 0 fully saturated rings. The van der Waals surface area contributed by atoms with E-state index in [1.165, 1.54) is 0 Å². The van der Waals surface area contributed by atoms with E-state index in [9.17, 15) is 15.3 Å². The molecule has 1 rings (SSSR count). The van der Waals surface area contributed by atoms with Gasteiger partial charge in [-0.25, -0.2) is 0 Å². The molecular weight excluding hydrogens is 264 g/mol. The van der Waals surface area contributed by atoms with Gasteiger partial charge in [0.2, 0.25) is 0 Å². The number of aliphatic hydroxyl groups excluding tert-OH is 3. The summed E-state index contributed by atoms with van der Waals surface area (Å²) in [6, 6.07) is 9.61. The van der Waals surface area contributed by atoms with Crippen LogP contribution >= 0.6 is 0 Å². The predicted octanol–water partition coefficient (Wildman–Crippen LogP) is 1.59. The first-order chi connectivity index (χ1) is 10.1. The average molecular weight is 284 g/mol. The van der Waals surface area contributed by atoms with Gasteiger partial charge in [0.15, 0.2) is 0 Å². The van der Waals surface area contributed by atoms with Crippen LogP contribution in [0.2, 0.25) is 0 Å². The number of rotatable bonds is 5. The molecular formula is C18H20O3. The topological polar surface area (TPSA) is 60.7 Å². The standard InChI is InChI=1S/C18H20O3/c1-2-17(20)18(21)12-8-4-7-11-16(19)14-13-15-9-5-3-6-10-15/h3,5-6,9-10,13-14,16-21H,2,12H2,1H3/b14-13+/t16?,17-,18-/m1/s1. The Balaban J connectivity index is 2.43. The van der Waals surface area contributed by atoms with Crippen molar-refractivity contribution in [3.8, 4) is 23.7 Å². The minimum absolute atomic E-state index is 0.166. The SMILES string of the molecule is CC[C@@H](O)[C@H](O)CC#CC#CC(O)/C=C/c1ccccc1. The van der Waals surface area contributed by atoms with E-state index >= 15 is 0 Å². The van der Waals surface area contributed by atoms with E-state index in [2.05, 4.69) is 23.7 Å². The fourth-order valence-corrected chi connectivity index (χ4v) is 1.53. The van der Waals surface area contributed by atoms with Crippen LogP contribution in [0.15, 0.2) is 36.4 Å². The van der Waals surface area contributed by atoms with Crippen LogP contribution in [0.3, 0.4) is 0 Å². The van der Waals surface area contributed by atoms with Gasteiger partial charge in [-0.05, 0) is 29.9 Å². The maximum absolute atomic E-state index is 9.63. The van der Waals surface area contributed by atoms with E-state index in [0.29, 0.717) is 6.42 Å². The molecule has 0 radical (unpaired) electrons. The normalized spacial score (nSPS) is 14.5. The molecule has 110 valence electrons. The molecule has 0 heterocycles. The van der Waals surface area contributed by atoms with Crippen molar-refractivity contribution in [2.24, 2.45) is 0 Å². The minimum Gasteiger partial charge on any atom is -0.390 e. The second-order valence-electron chi connectivity index (χ2n) is 4.53. The fraction of sp³-hybridized carbons (Fsp3) is 0.333. The highest BCUT2D eigenvalue weighted by Gasteiger charge is 2.11. The van der Waals surface area contributed by atoms with Gasteiger partial charge in [-0.15, -0.1) is 0 Å². The van der Waals surface area contributed by atoms with Crippen molar-refractivity contribution in [3.63, 3.8) is 0 Å². The van der Waals surface area contributed by atoms with Crippen LogP contribution in [0, 0.1) is 23.7 Å². The van der Waals surface area contributed by atoms with E-state index in [-0.39, 0.29) is 6.42 Å². The van der Waals surface area contributed by atoms with Crippen LogP contribution < -0.4 is 0 Å². The molecule has 0 saturated carbocycles. The molecule has 0 bridgehead atoms. The molecule has 3 nitrogen and oxygen atoms in total. The molecule has 0 aliphatic rings. The van der Waals surface area contributed by atoms with Gasteiger partial charge in [0.1, 0.15) is 6.10 Å². The first-order valence-corrected chi connectivity index (χ1v) is 6.89. The zero-order valence-corrected chi connectivity index (χ0v) is 12.0. The Morgan fingerprint density at radius 3 is 2.43 bits per heavy atom. The Morgan fingerprint density at radius 2 is 1.76 bits per heavy atom. The van der Waals surface area contributed by atoms with Crippen molar-refractivity contribution in [2.75, 3.05) is 0 Å². The highest BCUT2D eigenvalue weighted by Crippen LogP contribution is 2.02. The van der Waals surface area contributed by atoms with Crippen molar-refractivity contribution in [1.29, 1.82) is 0 Å². The summed E-state index contributed by atoms with van der Waals surface area (Å²) >= 11 is 0. The van der Waals surface area contributed by atoms with Crippen molar-refractivity contribution in [2.45, 2.75) is 38.1 Å². The van der Waals surface area contributed by atoms with Crippen LogP contribution in [0.1, 0.15) is 25.3 Å². The average Bonchev–Trinajstić information content (AvgIpc) is 2.52. The van der Waals surface area contributed by atoms with Crippen LogP contribution in [0.5, 0.6) is 0 Å². The second kappa shape index (κ2) is 9.80. The Kier molecular flexibility index (Phi) is 7.94. The molecule has 0 aliphatic heterocycles. The van der Waals surface area contributed by atoms with E-state index in [4.69, 9.17) is 0 Å². The minimum atomic E-state index is -0.884. The van der Waals surface area contributed by atoms with Gasteiger partial charge in [-0.1, -0.05) is 55.2 Å². The van der Waals surface area contributed by atoms with E-state index < -0.39 is 18.3 Å². The summed E-state index contributed by atoms with van der Waals surface area (Å²) in [4.78, 5) is 0. The van der Waals surface area contributed by atoms with Gasteiger partial charge in [-0.2, -0.15) is 0 Å². The van der Waals surface area contributed by atoms with E-state index in [1.807, 2.05) is 30.3 Å². The van der Waals surface area contributed by atoms with Crippen molar-refractivity contribution in [1.82, 2.24) is 0 Å². The lowest BCUT2D eigenvalue weighted by atomic mass is 10.1. The molecule has 3 N–H and O–H groups in total. The summed E-state index contributed by atoms with van der Waals surface area (Å²) in [6.45, 7) is 1.79. The largest absolute Gasteiger partial charge is 0.390 e. The highest BCUT2D eigenvalue weighted by atomic mass is 16.3. The smallest absolute Gasteiger partial charge is 0.134 e. The van der Waals surface area contributed by atoms with Crippen molar-refractivity contribution < 1.29 is 15.3 Å². The van der Waals surface area contributed by atoms with Crippen LogP contribution in [-0.2, 0) is 0 Å². The van der Waals surface area contributed by atoms with Crippen LogP contribution in [-0.4, -0.2) is 33.6 Å². The van der Waals surface area contributed by atoms with E-state index in [1.54, 1.807) is 19.1 Å². The lowest BCUT2D eigenvalue weighted by Gasteiger charge is -2.12. The molecule has 0 spiro atoms. The third-order valence-corrected chi connectivity index (χ3v) is 2.82. The highest BCUT2D eigenvalue weighted by molar-refractivity contribution is 5.50. The molecule has 21 heavy (non-hydrogen) atoms. The third kappa shape index (κ3) is 7.34. The van der Waals surface area contributed by atoms with Gasteiger partial charge in [-0.3, -0.25) is 0 Å². The first kappa shape index (κ1) is 17.0.